The topological polar surface area (TPSA) is 50.9 Å². The lowest BCUT2D eigenvalue weighted by molar-refractivity contribution is 0.912. The van der Waals surface area contributed by atoms with Gasteiger partial charge in [0, 0.05) is 17.4 Å². The van der Waals surface area contributed by atoms with E-state index in [0.717, 1.165) is 17.1 Å². The molecular weight excluding hydrogens is 254 g/mol. The largest absolute Gasteiger partial charge is 0.389 e. The molecule has 1 aromatic carbocycles. The van der Waals surface area contributed by atoms with E-state index in [9.17, 15) is 0 Å². The fraction of sp³-hybridized carbons (Fsp3) is 0.200. The number of aromatic nitrogens is 1. The van der Waals surface area contributed by atoms with Crippen LogP contribution in [0.15, 0.2) is 36.5 Å². The third-order valence-corrected chi connectivity index (χ3v) is 3.65. The smallest absolute Gasteiger partial charge is 0.130 e. The average Bonchev–Trinajstić information content (AvgIpc) is 2.86. The highest BCUT2D eigenvalue weighted by molar-refractivity contribution is 7.80. The van der Waals surface area contributed by atoms with Crippen LogP contribution in [0.25, 0.3) is 0 Å². The lowest BCUT2D eigenvalue weighted by Gasteiger charge is -2.08. The third kappa shape index (κ3) is 2.58. The highest BCUT2D eigenvalue weighted by atomic mass is 32.1. The van der Waals surface area contributed by atoms with Gasteiger partial charge >= 0.3 is 0 Å². The van der Waals surface area contributed by atoms with Gasteiger partial charge in [-0.25, -0.2) is 4.98 Å². The van der Waals surface area contributed by atoms with Gasteiger partial charge in [-0.15, -0.1) is 0 Å². The normalized spacial score (nSPS) is 13.1. The molecule has 0 atom stereocenters. The van der Waals surface area contributed by atoms with Gasteiger partial charge in [0.25, 0.3) is 0 Å². The first-order valence-electron chi connectivity index (χ1n) is 6.37. The van der Waals surface area contributed by atoms with E-state index in [2.05, 4.69) is 28.5 Å². The molecule has 1 aliphatic rings. The second kappa shape index (κ2) is 4.97. The Morgan fingerprint density at radius 1 is 1.16 bits per heavy atom. The number of hydrogen-bond acceptors (Lipinski definition) is 3. The maximum Gasteiger partial charge on any atom is 0.130 e. The molecule has 0 unspecified atom stereocenters. The molecule has 3 nitrogen and oxygen atoms in total. The van der Waals surface area contributed by atoms with Crippen molar-refractivity contribution in [2.45, 2.75) is 19.3 Å². The quantitative estimate of drug-likeness (QED) is 0.841. The number of pyridine rings is 1. The summed E-state index contributed by atoms with van der Waals surface area (Å²) in [7, 11) is 0. The van der Waals surface area contributed by atoms with Gasteiger partial charge in [0.05, 0.1) is 0 Å². The predicted octanol–water partition coefficient (Wildman–Crippen LogP) is 2.95. The summed E-state index contributed by atoms with van der Waals surface area (Å²) in [6, 6.07) is 10.2. The average molecular weight is 269 g/mol. The van der Waals surface area contributed by atoms with E-state index in [1.165, 1.54) is 30.4 Å². The second-order valence-electron chi connectivity index (χ2n) is 4.76. The monoisotopic (exact) mass is 269 g/mol. The third-order valence-electron chi connectivity index (χ3n) is 3.42. The van der Waals surface area contributed by atoms with Crippen LogP contribution in [-0.2, 0) is 12.8 Å². The standard InChI is InChI=1S/C15H15N3S/c16-15(19)12-6-7-17-14(9-12)18-13-5-4-10-2-1-3-11(10)8-13/h4-9H,1-3H2,(H2,16,19)(H,17,18). The van der Waals surface area contributed by atoms with Crippen LogP contribution in [0, 0.1) is 0 Å². The first-order chi connectivity index (χ1) is 9.22. The maximum absolute atomic E-state index is 5.63. The Bertz CT molecular complexity index is 637. The molecule has 0 bridgehead atoms. The number of benzene rings is 1. The number of rotatable bonds is 3. The van der Waals surface area contributed by atoms with Crippen molar-refractivity contribution in [1.29, 1.82) is 0 Å². The SMILES string of the molecule is NC(=S)c1ccnc(Nc2ccc3c(c2)CCC3)c1. The van der Waals surface area contributed by atoms with Crippen molar-refractivity contribution in [2.24, 2.45) is 5.73 Å². The van der Waals surface area contributed by atoms with E-state index >= 15 is 0 Å². The van der Waals surface area contributed by atoms with Crippen LogP contribution in [0.3, 0.4) is 0 Å². The van der Waals surface area contributed by atoms with Gasteiger partial charge in [0.2, 0.25) is 0 Å². The molecule has 0 aliphatic heterocycles. The minimum atomic E-state index is 0.388. The van der Waals surface area contributed by atoms with E-state index in [1.807, 2.05) is 12.1 Å². The summed E-state index contributed by atoms with van der Waals surface area (Å²) in [5.74, 6) is 0.767. The first kappa shape index (κ1) is 12.1. The minimum absolute atomic E-state index is 0.388. The molecule has 19 heavy (non-hydrogen) atoms. The maximum atomic E-state index is 5.63. The molecule has 0 spiro atoms. The van der Waals surface area contributed by atoms with Crippen molar-refractivity contribution in [1.82, 2.24) is 4.98 Å². The molecule has 0 fully saturated rings. The molecule has 96 valence electrons. The molecular formula is C15H15N3S. The Balaban J connectivity index is 1.85. The van der Waals surface area contributed by atoms with Crippen LogP contribution in [0.5, 0.6) is 0 Å². The molecule has 0 amide bonds. The highest BCUT2D eigenvalue weighted by Gasteiger charge is 2.11. The first-order valence-corrected chi connectivity index (χ1v) is 6.78. The molecule has 0 radical (unpaired) electrons. The Hall–Kier alpha value is -1.94. The van der Waals surface area contributed by atoms with Crippen LogP contribution in [0.2, 0.25) is 0 Å². The molecule has 3 rings (SSSR count). The number of nitrogens with two attached hydrogens (primary N) is 1. The van der Waals surface area contributed by atoms with Crippen molar-refractivity contribution >= 4 is 28.7 Å². The molecule has 1 aliphatic carbocycles. The van der Waals surface area contributed by atoms with Gasteiger partial charge in [-0.2, -0.15) is 0 Å². The molecule has 2 aromatic rings. The molecule has 1 aromatic heterocycles. The zero-order valence-corrected chi connectivity index (χ0v) is 11.3. The number of nitrogens with one attached hydrogen (secondary N) is 1. The number of thiocarbonyl (C=S) groups is 1. The van der Waals surface area contributed by atoms with E-state index < -0.39 is 0 Å². The van der Waals surface area contributed by atoms with Gasteiger partial charge in [-0.3, -0.25) is 0 Å². The van der Waals surface area contributed by atoms with Crippen LogP contribution in [0.4, 0.5) is 11.5 Å². The molecule has 4 heteroatoms. The van der Waals surface area contributed by atoms with Gasteiger partial charge in [-0.1, -0.05) is 18.3 Å². The second-order valence-corrected chi connectivity index (χ2v) is 5.20. The van der Waals surface area contributed by atoms with Gasteiger partial charge in [0.15, 0.2) is 0 Å². The summed E-state index contributed by atoms with van der Waals surface area (Å²) in [4.78, 5) is 4.67. The van der Waals surface area contributed by atoms with Crippen molar-refractivity contribution in [2.75, 3.05) is 5.32 Å². The Kier molecular flexibility index (Phi) is 3.17. The van der Waals surface area contributed by atoms with Gasteiger partial charge < -0.3 is 11.1 Å². The Morgan fingerprint density at radius 2 is 2.00 bits per heavy atom. The number of hydrogen-bond donors (Lipinski definition) is 2. The van der Waals surface area contributed by atoms with Crippen molar-refractivity contribution in [3.8, 4) is 0 Å². The lowest BCUT2D eigenvalue weighted by atomic mass is 10.1. The summed E-state index contributed by atoms with van der Waals surface area (Å²) in [5.41, 5.74) is 10.4. The Labute approximate surface area is 117 Å². The summed E-state index contributed by atoms with van der Waals surface area (Å²) < 4.78 is 0. The van der Waals surface area contributed by atoms with E-state index in [1.54, 1.807) is 6.20 Å². The van der Waals surface area contributed by atoms with Gasteiger partial charge in [0.1, 0.15) is 10.8 Å². The molecule has 1 heterocycles. The fourth-order valence-electron chi connectivity index (χ4n) is 2.45. The van der Waals surface area contributed by atoms with Crippen LogP contribution < -0.4 is 11.1 Å². The molecule has 0 saturated carbocycles. The van der Waals surface area contributed by atoms with Crippen LogP contribution in [0.1, 0.15) is 23.1 Å². The number of nitrogens with zero attached hydrogens (tertiary/aromatic N) is 1. The van der Waals surface area contributed by atoms with Crippen molar-refractivity contribution in [3.63, 3.8) is 0 Å². The fourth-order valence-corrected chi connectivity index (χ4v) is 2.58. The summed E-state index contributed by atoms with van der Waals surface area (Å²) >= 11 is 4.97. The summed E-state index contributed by atoms with van der Waals surface area (Å²) in [6.07, 6.45) is 5.34. The zero-order valence-electron chi connectivity index (χ0n) is 10.5. The van der Waals surface area contributed by atoms with E-state index in [0.29, 0.717) is 4.99 Å². The molecule has 0 saturated heterocycles. The Morgan fingerprint density at radius 3 is 2.84 bits per heavy atom. The van der Waals surface area contributed by atoms with Crippen molar-refractivity contribution < 1.29 is 0 Å². The van der Waals surface area contributed by atoms with E-state index in [4.69, 9.17) is 18.0 Å². The van der Waals surface area contributed by atoms with Crippen LogP contribution >= 0.6 is 12.2 Å². The minimum Gasteiger partial charge on any atom is -0.389 e. The number of fused-ring (bicyclic) bond motifs is 1. The molecule has 3 N–H and O–H groups in total. The van der Waals surface area contributed by atoms with Gasteiger partial charge in [-0.05, 0) is 54.7 Å². The lowest BCUT2D eigenvalue weighted by Crippen LogP contribution is -2.09. The number of aryl methyl sites for hydroxylation is 2. The summed E-state index contributed by atoms with van der Waals surface area (Å²) in [5, 5.41) is 3.30. The van der Waals surface area contributed by atoms with Crippen molar-refractivity contribution in [3.05, 3.63) is 53.2 Å². The number of anilines is 2. The predicted molar refractivity (Wildman–Crippen MR) is 81.9 cm³/mol. The zero-order chi connectivity index (χ0) is 13.2. The summed E-state index contributed by atoms with van der Waals surface area (Å²) in [6.45, 7) is 0. The van der Waals surface area contributed by atoms with E-state index in [-0.39, 0.29) is 0 Å². The van der Waals surface area contributed by atoms with Crippen LogP contribution in [-0.4, -0.2) is 9.97 Å². The highest BCUT2D eigenvalue weighted by Crippen LogP contribution is 2.26.